The fraction of sp³-hybridized carbons (Fsp3) is 0.632. The normalized spacial score (nSPS) is 17.8. The van der Waals surface area contributed by atoms with Gasteiger partial charge in [-0.1, -0.05) is 27.2 Å². The van der Waals surface area contributed by atoms with Crippen molar-refractivity contribution in [3.05, 3.63) is 29.7 Å². The lowest BCUT2D eigenvalue weighted by molar-refractivity contribution is 0.0732. The van der Waals surface area contributed by atoms with Crippen LogP contribution in [0.5, 0.6) is 0 Å². The first kappa shape index (κ1) is 17.9. The van der Waals surface area contributed by atoms with E-state index in [9.17, 15) is 4.79 Å². The second kappa shape index (κ2) is 7.95. The Morgan fingerprint density at radius 2 is 2.08 bits per heavy atom. The molecular formula is C19H29N5O. The minimum atomic E-state index is 0.0787. The SMILES string of the molecule is CCCC1CCCN1C(=O)c1cnn2cc(CN(CC)CC)cnc12. The van der Waals surface area contributed by atoms with Crippen molar-refractivity contribution in [1.82, 2.24) is 24.4 Å². The third kappa shape index (κ3) is 3.68. The Hall–Kier alpha value is -1.95. The molecule has 2 aromatic rings. The summed E-state index contributed by atoms with van der Waals surface area (Å²) in [6, 6.07) is 0.370. The third-order valence-corrected chi connectivity index (χ3v) is 5.20. The molecular weight excluding hydrogens is 314 g/mol. The molecule has 1 unspecified atom stereocenters. The van der Waals surface area contributed by atoms with Gasteiger partial charge in [-0.3, -0.25) is 9.69 Å². The number of rotatable bonds is 7. The average Bonchev–Trinajstić information content (AvgIpc) is 3.26. The summed E-state index contributed by atoms with van der Waals surface area (Å²) in [4.78, 5) is 21.9. The standard InChI is InChI=1S/C19H29N5O/c1-4-8-16-9-7-10-23(16)19(25)17-12-21-24-14-15(11-20-18(17)24)13-22(5-2)6-3/h11-12,14,16H,4-10,13H2,1-3H3. The molecule has 1 amide bonds. The molecule has 1 aliphatic heterocycles. The zero-order valence-corrected chi connectivity index (χ0v) is 15.6. The molecule has 25 heavy (non-hydrogen) atoms. The van der Waals surface area contributed by atoms with Crippen molar-refractivity contribution < 1.29 is 4.79 Å². The molecule has 136 valence electrons. The molecule has 0 aromatic carbocycles. The topological polar surface area (TPSA) is 53.7 Å². The van der Waals surface area contributed by atoms with Crippen LogP contribution in [0.1, 0.15) is 62.4 Å². The molecule has 0 radical (unpaired) electrons. The van der Waals surface area contributed by atoms with Crippen LogP contribution >= 0.6 is 0 Å². The van der Waals surface area contributed by atoms with Gasteiger partial charge in [0.2, 0.25) is 0 Å². The van der Waals surface area contributed by atoms with Crippen molar-refractivity contribution in [3.8, 4) is 0 Å². The second-order valence-electron chi connectivity index (χ2n) is 6.83. The van der Waals surface area contributed by atoms with Crippen LogP contribution in [0, 0.1) is 0 Å². The third-order valence-electron chi connectivity index (χ3n) is 5.20. The van der Waals surface area contributed by atoms with Gasteiger partial charge in [-0.2, -0.15) is 5.10 Å². The molecule has 0 aliphatic carbocycles. The smallest absolute Gasteiger partial charge is 0.259 e. The Bertz CT molecular complexity index is 722. The minimum Gasteiger partial charge on any atom is -0.335 e. The fourth-order valence-corrected chi connectivity index (χ4v) is 3.74. The molecule has 0 saturated carbocycles. The Morgan fingerprint density at radius 1 is 1.28 bits per heavy atom. The van der Waals surface area contributed by atoms with E-state index in [1.54, 1.807) is 10.7 Å². The summed E-state index contributed by atoms with van der Waals surface area (Å²) in [5.41, 5.74) is 2.40. The summed E-state index contributed by atoms with van der Waals surface area (Å²) < 4.78 is 1.75. The summed E-state index contributed by atoms with van der Waals surface area (Å²) in [7, 11) is 0. The van der Waals surface area contributed by atoms with E-state index >= 15 is 0 Å². The van der Waals surface area contributed by atoms with Gasteiger partial charge in [0.05, 0.1) is 6.20 Å². The first-order valence-corrected chi connectivity index (χ1v) is 9.53. The first-order valence-electron chi connectivity index (χ1n) is 9.53. The van der Waals surface area contributed by atoms with Crippen LogP contribution in [0.4, 0.5) is 0 Å². The second-order valence-corrected chi connectivity index (χ2v) is 6.83. The van der Waals surface area contributed by atoms with E-state index in [4.69, 9.17) is 0 Å². The van der Waals surface area contributed by atoms with Crippen molar-refractivity contribution in [3.63, 3.8) is 0 Å². The van der Waals surface area contributed by atoms with Crippen LogP contribution in [0.25, 0.3) is 5.65 Å². The summed E-state index contributed by atoms with van der Waals surface area (Å²) in [6.07, 6.45) is 9.93. The van der Waals surface area contributed by atoms with Crippen LogP contribution < -0.4 is 0 Å². The van der Waals surface area contributed by atoms with E-state index in [2.05, 4.69) is 35.8 Å². The number of nitrogens with zero attached hydrogens (tertiary/aromatic N) is 5. The number of amides is 1. The summed E-state index contributed by atoms with van der Waals surface area (Å²) in [6.45, 7) is 10.2. The van der Waals surface area contributed by atoms with Crippen LogP contribution in [0.3, 0.4) is 0 Å². The highest BCUT2D eigenvalue weighted by Crippen LogP contribution is 2.24. The fourth-order valence-electron chi connectivity index (χ4n) is 3.74. The van der Waals surface area contributed by atoms with E-state index in [1.807, 2.05) is 17.3 Å². The van der Waals surface area contributed by atoms with Crippen molar-refractivity contribution in [2.24, 2.45) is 0 Å². The lowest BCUT2D eigenvalue weighted by Crippen LogP contribution is -2.35. The molecule has 0 N–H and O–H groups in total. The number of fused-ring (bicyclic) bond motifs is 1. The molecule has 1 saturated heterocycles. The van der Waals surface area contributed by atoms with Crippen LogP contribution in [-0.2, 0) is 6.54 Å². The minimum absolute atomic E-state index is 0.0787. The van der Waals surface area contributed by atoms with E-state index in [0.717, 1.165) is 57.4 Å². The Morgan fingerprint density at radius 3 is 2.80 bits per heavy atom. The molecule has 0 bridgehead atoms. The number of aromatic nitrogens is 3. The monoisotopic (exact) mass is 343 g/mol. The van der Waals surface area contributed by atoms with Gasteiger partial charge in [-0.25, -0.2) is 9.50 Å². The quantitative estimate of drug-likeness (QED) is 0.775. The number of hydrogen-bond acceptors (Lipinski definition) is 4. The van der Waals surface area contributed by atoms with Gasteiger partial charge in [0.25, 0.3) is 5.91 Å². The zero-order valence-electron chi connectivity index (χ0n) is 15.6. The Kier molecular flexibility index (Phi) is 5.68. The number of carbonyl (C=O) groups is 1. The first-order chi connectivity index (χ1) is 12.2. The van der Waals surface area contributed by atoms with Crippen LogP contribution in [0.15, 0.2) is 18.6 Å². The van der Waals surface area contributed by atoms with Gasteiger partial charge in [-0.15, -0.1) is 0 Å². The van der Waals surface area contributed by atoms with Gasteiger partial charge >= 0.3 is 0 Å². The highest BCUT2D eigenvalue weighted by atomic mass is 16.2. The largest absolute Gasteiger partial charge is 0.335 e. The maximum atomic E-state index is 13.0. The molecule has 6 heteroatoms. The maximum Gasteiger partial charge on any atom is 0.259 e. The van der Waals surface area contributed by atoms with Crippen molar-refractivity contribution >= 4 is 11.6 Å². The van der Waals surface area contributed by atoms with Gasteiger partial charge < -0.3 is 4.90 Å². The van der Waals surface area contributed by atoms with E-state index < -0.39 is 0 Å². The number of likely N-dealkylation sites (tertiary alicyclic amines) is 1. The van der Waals surface area contributed by atoms with Crippen molar-refractivity contribution in [2.75, 3.05) is 19.6 Å². The number of carbonyl (C=O) groups excluding carboxylic acids is 1. The molecule has 1 atom stereocenters. The van der Waals surface area contributed by atoms with E-state index in [0.29, 0.717) is 17.3 Å². The predicted molar refractivity (Wildman–Crippen MR) is 98.6 cm³/mol. The molecule has 2 aromatic heterocycles. The van der Waals surface area contributed by atoms with Crippen molar-refractivity contribution in [2.45, 2.75) is 59.0 Å². The van der Waals surface area contributed by atoms with Gasteiger partial charge in [0.15, 0.2) is 5.65 Å². The zero-order chi connectivity index (χ0) is 17.8. The maximum absolute atomic E-state index is 13.0. The average molecular weight is 343 g/mol. The molecule has 0 spiro atoms. The van der Waals surface area contributed by atoms with Crippen LogP contribution in [-0.4, -0.2) is 56.0 Å². The Balaban J connectivity index is 1.82. The van der Waals surface area contributed by atoms with Gasteiger partial charge in [0.1, 0.15) is 5.56 Å². The predicted octanol–water partition coefficient (Wildman–Crippen LogP) is 2.98. The van der Waals surface area contributed by atoms with Crippen LogP contribution in [0.2, 0.25) is 0 Å². The lowest BCUT2D eigenvalue weighted by atomic mass is 10.1. The summed E-state index contributed by atoms with van der Waals surface area (Å²) >= 11 is 0. The molecule has 6 nitrogen and oxygen atoms in total. The molecule has 1 fully saturated rings. The molecule has 1 aliphatic rings. The number of hydrogen-bond donors (Lipinski definition) is 0. The Labute approximate surface area is 149 Å². The molecule has 3 heterocycles. The van der Waals surface area contributed by atoms with Crippen molar-refractivity contribution in [1.29, 1.82) is 0 Å². The van der Waals surface area contributed by atoms with E-state index in [1.165, 1.54) is 0 Å². The summed E-state index contributed by atoms with van der Waals surface area (Å²) in [5.74, 6) is 0.0787. The van der Waals surface area contributed by atoms with E-state index in [-0.39, 0.29) is 5.91 Å². The highest BCUT2D eigenvalue weighted by molar-refractivity contribution is 5.99. The van der Waals surface area contributed by atoms with Gasteiger partial charge in [0, 0.05) is 37.1 Å². The molecule has 3 rings (SSSR count). The lowest BCUT2D eigenvalue weighted by Gasteiger charge is -2.23. The van der Waals surface area contributed by atoms with Gasteiger partial charge in [-0.05, 0) is 32.4 Å². The summed E-state index contributed by atoms with van der Waals surface area (Å²) in [5, 5.41) is 4.39. The highest BCUT2D eigenvalue weighted by Gasteiger charge is 2.30.